The number of piperazine rings is 1. The number of amides is 1. The van der Waals surface area contributed by atoms with E-state index in [1.807, 2.05) is 6.92 Å². The van der Waals surface area contributed by atoms with Gasteiger partial charge >= 0.3 is 0 Å². The number of primary amides is 1. The predicted molar refractivity (Wildman–Crippen MR) is 119 cm³/mol. The Morgan fingerprint density at radius 1 is 1.10 bits per heavy atom. The van der Waals surface area contributed by atoms with Crippen LogP contribution in [0.4, 0.5) is 5.69 Å². The highest BCUT2D eigenvalue weighted by Gasteiger charge is 2.31. The lowest BCUT2D eigenvalue weighted by molar-refractivity contribution is -0.134. The topological polar surface area (TPSA) is 58.8 Å². The molecule has 1 saturated carbocycles. The van der Waals surface area contributed by atoms with E-state index >= 15 is 0 Å². The summed E-state index contributed by atoms with van der Waals surface area (Å²) in [5.74, 6) is 0.793. The van der Waals surface area contributed by atoms with E-state index < -0.39 is 0 Å². The molecule has 2 N–H and O–H groups in total. The first kappa shape index (κ1) is 22.1. The maximum Gasteiger partial charge on any atom is 0.246 e. The standard InChI is InChI=1S/C24H39N3O2/c1-4-29-23(24(25)28)21-8-6-20(7-9-21)11-12-26-13-15-27(16-14-26)22-10-5-18(2)19(3)17-22/h5,10,17,20-21,23H,4,6-9,11-16H2,1-3H3,(H2,25,28). The first-order valence-corrected chi connectivity index (χ1v) is 11.4. The molecule has 1 heterocycles. The van der Waals surface area contributed by atoms with Gasteiger partial charge in [-0.2, -0.15) is 0 Å². The third-order valence-electron chi connectivity index (χ3n) is 7.03. The van der Waals surface area contributed by atoms with Crippen molar-refractivity contribution in [1.29, 1.82) is 0 Å². The van der Waals surface area contributed by atoms with Crippen LogP contribution in [0.5, 0.6) is 0 Å². The molecule has 2 fully saturated rings. The second-order valence-corrected chi connectivity index (χ2v) is 8.95. The minimum absolute atomic E-state index is 0.294. The molecule has 1 amide bonds. The molecule has 0 bridgehead atoms. The summed E-state index contributed by atoms with van der Waals surface area (Å²) >= 11 is 0. The zero-order chi connectivity index (χ0) is 20.8. The van der Waals surface area contributed by atoms with Crippen molar-refractivity contribution in [2.24, 2.45) is 17.6 Å². The molecule has 1 unspecified atom stereocenters. The molecule has 1 aromatic rings. The molecule has 1 aliphatic carbocycles. The van der Waals surface area contributed by atoms with Gasteiger partial charge < -0.3 is 15.4 Å². The number of carbonyl (C=O) groups is 1. The summed E-state index contributed by atoms with van der Waals surface area (Å²) in [6.45, 7) is 12.6. The van der Waals surface area contributed by atoms with Gasteiger partial charge in [0.15, 0.2) is 0 Å². The zero-order valence-electron chi connectivity index (χ0n) is 18.5. The van der Waals surface area contributed by atoms with E-state index in [9.17, 15) is 4.79 Å². The summed E-state index contributed by atoms with van der Waals surface area (Å²) in [4.78, 5) is 16.8. The fourth-order valence-corrected chi connectivity index (χ4v) is 4.93. The van der Waals surface area contributed by atoms with E-state index in [0.717, 1.165) is 44.9 Å². The highest BCUT2D eigenvalue weighted by atomic mass is 16.5. The number of nitrogens with zero attached hydrogens (tertiary/aromatic N) is 2. The molecule has 1 aliphatic heterocycles. The van der Waals surface area contributed by atoms with Crippen LogP contribution in [0, 0.1) is 25.7 Å². The van der Waals surface area contributed by atoms with Crippen molar-refractivity contribution < 1.29 is 9.53 Å². The highest BCUT2D eigenvalue weighted by Crippen LogP contribution is 2.34. The van der Waals surface area contributed by atoms with Gasteiger partial charge in [-0.05, 0) is 81.7 Å². The molecule has 5 heteroatoms. The van der Waals surface area contributed by atoms with E-state index in [1.54, 1.807) is 0 Å². The van der Waals surface area contributed by atoms with Crippen LogP contribution in [-0.2, 0) is 9.53 Å². The average Bonchev–Trinajstić information content (AvgIpc) is 2.73. The molecule has 0 spiro atoms. The Balaban J connectivity index is 1.38. The van der Waals surface area contributed by atoms with E-state index in [2.05, 4.69) is 41.8 Å². The molecule has 1 aromatic carbocycles. The minimum atomic E-state index is -0.389. The van der Waals surface area contributed by atoms with Gasteiger partial charge in [0.25, 0.3) is 0 Å². The van der Waals surface area contributed by atoms with Crippen LogP contribution >= 0.6 is 0 Å². The Morgan fingerprint density at radius 3 is 2.38 bits per heavy atom. The molecular weight excluding hydrogens is 362 g/mol. The Labute approximate surface area is 176 Å². The number of ether oxygens (including phenoxy) is 1. The molecule has 0 aromatic heterocycles. The van der Waals surface area contributed by atoms with Gasteiger partial charge in [-0.25, -0.2) is 0 Å². The Morgan fingerprint density at radius 2 is 1.79 bits per heavy atom. The van der Waals surface area contributed by atoms with Crippen LogP contribution in [0.2, 0.25) is 0 Å². The van der Waals surface area contributed by atoms with Crippen LogP contribution in [-0.4, -0.2) is 56.2 Å². The quantitative estimate of drug-likeness (QED) is 0.724. The number of hydrogen-bond acceptors (Lipinski definition) is 4. The largest absolute Gasteiger partial charge is 0.369 e. The summed E-state index contributed by atoms with van der Waals surface area (Å²) in [5.41, 5.74) is 9.65. The van der Waals surface area contributed by atoms with Crippen molar-refractivity contribution in [3.63, 3.8) is 0 Å². The number of rotatable bonds is 8. The average molecular weight is 402 g/mol. The SMILES string of the molecule is CCOC(C(N)=O)C1CCC(CCN2CCN(c3ccc(C)c(C)c3)CC2)CC1. The van der Waals surface area contributed by atoms with Crippen LogP contribution in [0.1, 0.15) is 50.2 Å². The van der Waals surface area contributed by atoms with Gasteiger partial charge in [-0.3, -0.25) is 9.69 Å². The number of benzene rings is 1. The third-order valence-corrected chi connectivity index (χ3v) is 7.03. The van der Waals surface area contributed by atoms with Crippen LogP contribution in [0.15, 0.2) is 18.2 Å². The molecule has 3 rings (SSSR count). The molecule has 29 heavy (non-hydrogen) atoms. The maximum atomic E-state index is 11.7. The van der Waals surface area contributed by atoms with Crippen molar-refractivity contribution in [2.45, 2.75) is 59.0 Å². The van der Waals surface area contributed by atoms with Gasteiger partial charge in [-0.15, -0.1) is 0 Å². The smallest absolute Gasteiger partial charge is 0.246 e. The lowest BCUT2D eigenvalue weighted by Gasteiger charge is -2.37. The molecule has 2 aliphatic rings. The number of carbonyl (C=O) groups excluding carboxylic acids is 1. The van der Waals surface area contributed by atoms with Gasteiger partial charge in [0, 0.05) is 38.5 Å². The summed E-state index contributed by atoms with van der Waals surface area (Å²) in [6.07, 6.45) is 5.41. The third kappa shape index (κ3) is 5.95. The Hall–Kier alpha value is -1.59. The lowest BCUT2D eigenvalue weighted by atomic mass is 9.78. The Bertz CT molecular complexity index is 662. The molecular formula is C24H39N3O2. The van der Waals surface area contributed by atoms with Crippen molar-refractivity contribution in [3.8, 4) is 0 Å². The summed E-state index contributed by atoms with van der Waals surface area (Å²) < 4.78 is 5.61. The van der Waals surface area contributed by atoms with E-state index in [0.29, 0.717) is 12.5 Å². The molecule has 162 valence electrons. The van der Waals surface area contributed by atoms with Crippen molar-refractivity contribution in [1.82, 2.24) is 4.90 Å². The highest BCUT2D eigenvalue weighted by molar-refractivity contribution is 5.79. The fraction of sp³-hybridized carbons (Fsp3) is 0.708. The maximum absolute atomic E-state index is 11.7. The second-order valence-electron chi connectivity index (χ2n) is 8.95. The van der Waals surface area contributed by atoms with Gasteiger partial charge in [0.2, 0.25) is 5.91 Å². The fourth-order valence-electron chi connectivity index (χ4n) is 4.93. The van der Waals surface area contributed by atoms with Gasteiger partial charge in [0.1, 0.15) is 6.10 Å². The predicted octanol–water partition coefficient (Wildman–Crippen LogP) is 3.51. The monoisotopic (exact) mass is 401 g/mol. The van der Waals surface area contributed by atoms with Crippen LogP contribution in [0.3, 0.4) is 0 Å². The van der Waals surface area contributed by atoms with Crippen LogP contribution in [0.25, 0.3) is 0 Å². The second kappa shape index (κ2) is 10.4. The lowest BCUT2D eigenvalue weighted by Crippen LogP contribution is -2.47. The number of hydrogen-bond donors (Lipinski definition) is 1. The molecule has 1 saturated heterocycles. The van der Waals surface area contributed by atoms with Crippen molar-refractivity contribution >= 4 is 11.6 Å². The van der Waals surface area contributed by atoms with Crippen molar-refractivity contribution in [2.75, 3.05) is 44.2 Å². The van der Waals surface area contributed by atoms with E-state index in [4.69, 9.17) is 10.5 Å². The molecule has 0 radical (unpaired) electrons. The summed E-state index contributed by atoms with van der Waals surface area (Å²) in [6, 6.07) is 6.82. The summed E-state index contributed by atoms with van der Waals surface area (Å²) in [5, 5.41) is 0. The van der Waals surface area contributed by atoms with Gasteiger partial charge in [0.05, 0.1) is 0 Å². The molecule has 5 nitrogen and oxygen atoms in total. The molecule has 1 atom stereocenters. The first-order chi connectivity index (χ1) is 14.0. The minimum Gasteiger partial charge on any atom is -0.369 e. The first-order valence-electron chi connectivity index (χ1n) is 11.4. The van der Waals surface area contributed by atoms with Gasteiger partial charge in [-0.1, -0.05) is 18.9 Å². The number of anilines is 1. The number of nitrogens with two attached hydrogens (primary N) is 1. The van der Waals surface area contributed by atoms with E-state index in [1.165, 1.54) is 42.6 Å². The summed E-state index contributed by atoms with van der Waals surface area (Å²) in [7, 11) is 0. The normalized spacial score (nSPS) is 24.4. The Kier molecular flexibility index (Phi) is 7.96. The van der Waals surface area contributed by atoms with Crippen LogP contribution < -0.4 is 10.6 Å². The number of aryl methyl sites for hydroxylation is 2. The van der Waals surface area contributed by atoms with Crippen molar-refractivity contribution in [3.05, 3.63) is 29.3 Å². The zero-order valence-corrected chi connectivity index (χ0v) is 18.5. The van der Waals surface area contributed by atoms with E-state index in [-0.39, 0.29) is 12.0 Å².